The summed E-state index contributed by atoms with van der Waals surface area (Å²) in [5, 5.41) is 0. The third kappa shape index (κ3) is 5.44. The van der Waals surface area contributed by atoms with Gasteiger partial charge in [0.2, 0.25) is 0 Å². The molecule has 4 N–H and O–H groups in total. The van der Waals surface area contributed by atoms with Crippen molar-refractivity contribution in [2.45, 2.75) is 6.61 Å². The second-order valence-corrected chi connectivity index (χ2v) is 4.40. The van der Waals surface area contributed by atoms with Crippen molar-refractivity contribution in [3.63, 3.8) is 0 Å². The Morgan fingerprint density at radius 1 is 0.857 bits per heavy atom. The molecule has 0 saturated carbocycles. The van der Waals surface area contributed by atoms with E-state index in [1.165, 1.54) is 0 Å². The molecular formula is C16H19N3O2. The number of benzene rings is 2. The molecule has 110 valence electrons. The first-order chi connectivity index (χ1) is 10.2. The Labute approximate surface area is 124 Å². The zero-order chi connectivity index (χ0) is 14.9. The molecule has 0 spiro atoms. The van der Waals surface area contributed by atoms with Crippen LogP contribution in [0.3, 0.4) is 0 Å². The van der Waals surface area contributed by atoms with Crippen molar-refractivity contribution in [1.29, 1.82) is 0 Å². The zero-order valence-electron chi connectivity index (χ0n) is 11.7. The lowest BCUT2D eigenvalue weighted by molar-refractivity contribution is 0.303. The molecule has 0 saturated heterocycles. The second-order valence-electron chi connectivity index (χ2n) is 4.40. The van der Waals surface area contributed by atoms with Gasteiger partial charge in [-0.1, -0.05) is 30.3 Å². The molecule has 0 aliphatic heterocycles. The molecule has 0 aliphatic carbocycles. The summed E-state index contributed by atoms with van der Waals surface area (Å²) in [4.78, 5) is 3.84. The lowest BCUT2D eigenvalue weighted by Crippen LogP contribution is -2.23. The Bertz CT molecular complexity index is 564. The third-order valence-corrected chi connectivity index (χ3v) is 2.73. The zero-order valence-corrected chi connectivity index (χ0v) is 11.7. The maximum atomic E-state index is 5.69. The summed E-state index contributed by atoms with van der Waals surface area (Å²) < 4.78 is 11.2. The lowest BCUT2D eigenvalue weighted by Gasteiger charge is -2.08. The van der Waals surface area contributed by atoms with Crippen LogP contribution in [0.4, 0.5) is 0 Å². The van der Waals surface area contributed by atoms with Crippen LogP contribution in [-0.2, 0) is 6.61 Å². The number of nitrogens with zero attached hydrogens (tertiary/aromatic N) is 1. The highest BCUT2D eigenvalue weighted by Crippen LogP contribution is 2.18. The number of aliphatic imine (C=N–C) groups is 1. The fourth-order valence-corrected chi connectivity index (χ4v) is 1.71. The fraction of sp³-hybridized carbons (Fsp3) is 0.188. The van der Waals surface area contributed by atoms with Crippen molar-refractivity contribution in [1.82, 2.24) is 0 Å². The smallest absolute Gasteiger partial charge is 0.186 e. The molecule has 5 heteroatoms. The van der Waals surface area contributed by atoms with Crippen LogP contribution in [0.1, 0.15) is 5.56 Å². The predicted molar refractivity (Wildman–Crippen MR) is 83.4 cm³/mol. The van der Waals surface area contributed by atoms with Gasteiger partial charge in [-0.3, -0.25) is 4.99 Å². The van der Waals surface area contributed by atoms with Gasteiger partial charge in [-0.05, 0) is 29.8 Å². The minimum Gasteiger partial charge on any atom is -0.492 e. The SMILES string of the molecule is NC(N)=NCCOc1ccc(OCc2ccccc2)cc1. The summed E-state index contributed by atoms with van der Waals surface area (Å²) >= 11 is 0. The van der Waals surface area contributed by atoms with E-state index in [9.17, 15) is 0 Å². The average Bonchev–Trinajstić information content (AvgIpc) is 2.51. The maximum absolute atomic E-state index is 5.69. The van der Waals surface area contributed by atoms with E-state index in [-0.39, 0.29) is 5.96 Å². The van der Waals surface area contributed by atoms with Crippen molar-refractivity contribution < 1.29 is 9.47 Å². The number of guanidine groups is 1. The van der Waals surface area contributed by atoms with Gasteiger partial charge in [0, 0.05) is 0 Å². The van der Waals surface area contributed by atoms with E-state index in [1.54, 1.807) is 0 Å². The summed E-state index contributed by atoms with van der Waals surface area (Å²) in [5.41, 5.74) is 11.6. The highest BCUT2D eigenvalue weighted by molar-refractivity contribution is 5.75. The van der Waals surface area contributed by atoms with Crippen molar-refractivity contribution in [3.05, 3.63) is 60.2 Å². The molecule has 2 rings (SSSR count). The molecule has 0 unspecified atom stereocenters. The minimum atomic E-state index is 0.0725. The highest BCUT2D eigenvalue weighted by atomic mass is 16.5. The number of hydrogen-bond donors (Lipinski definition) is 2. The summed E-state index contributed by atoms with van der Waals surface area (Å²) in [5.74, 6) is 1.63. The van der Waals surface area contributed by atoms with Crippen molar-refractivity contribution in [2.75, 3.05) is 13.2 Å². The van der Waals surface area contributed by atoms with Gasteiger partial charge in [0.1, 0.15) is 24.7 Å². The maximum Gasteiger partial charge on any atom is 0.186 e. The molecule has 0 fully saturated rings. The number of rotatable bonds is 7. The Balaban J connectivity index is 1.78. The van der Waals surface area contributed by atoms with Crippen molar-refractivity contribution >= 4 is 5.96 Å². The van der Waals surface area contributed by atoms with E-state index in [0.29, 0.717) is 19.8 Å². The third-order valence-electron chi connectivity index (χ3n) is 2.73. The van der Waals surface area contributed by atoms with Gasteiger partial charge in [-0.15, -0.1) is 0 Å². The molecule has 21 heavy (non-hydrogen) atoms. The van der Waals surface area contributed by atoms with Crippen molar-refractivity contribution in [3.8, 4) is 11.5 Å². The van der Waals surface area contributed by atoms with Gasteiger partial charge in [-0.2, -0.15) is 0 Å². The average molecular weight is 285 g/mol. The fourth-order valence-electron chi connectivity index (χ4n) is 1.71. The summed E-state index contributed by atoms with van der Waals surface area (Å²) in [7, 11) is 0. The van der Waals surface area contributed by atoms with Gasteiger partial charge in [-0.25, -0.2) is 0 Å². The first-order valence-electron chi connectivity index (χ1n) is 6.69. The molecule has 0 radical (unpaired) electrons. The molecule has 0 bridgehead atoms. The van der Waals surface area contributed by atoms with E-state index in [0.717, 1.165) is 17.1 Å². The minimum absolute atomic E-state index is 0.0725. The van der Waals surface area contributed by atoms with Crippen LogP contribution in [0.5, 0.6) is 11.5 Å². The van der Waals surface area contributed by atoms with Gasteiger partial charge in [0.05, 0.1) is 6.54 Å². The first kappa shape index (κ1) is 14.7. The summed E-state index contributed by atoms with van der Waals surface area (Å²) in [6, 6.07) is 17.5. The topological polar surface area (TPSA) is 82.9 Å². The second kappa shape index (κ2) is 7.79. The van der Waals surface area contributed by atoms with E-state index in [2.05, 4.69) is 4.99 Å². The quantitative estimate of drug-likeness (QED) is 0.462. The summed E-state index contributed by atoms with van der Waals surface area (Å²) in [6.07, 6.45) is 0. The van der Waals surface area contributed by atoms with Crippen LogP contribution in [0, 0.1) is 0 Å². The standard InChI is InChI=1S/C16H19N3O2/c17-16(18)19-10-11-20-14-6-8-15(9-7-14)21-12-13-4-2-1-3-5-13/h1-9H,10-12H2,(H4,17,18,19). The molecular weight excluding hydrogens is 266 g/mol. The van der Waals surface area contributed by atoms with Crippen LogP contribution in [0.15, 0.2) is 59.6 Å². The normalized spacial score (nSPS) is 9.90. The summed E-state index contributed by atoms with van der Waals surface area (Å²) in [6.45, 7) is 1.42. The number of hydrogen-bond acceptors (Lipinski definition) is 3. The van der Waals surface area contributed by atoms with Crippen LogP contribution >= 0.6 is 0 Å². The lowest BCUT2D eigenvalue weighted by atomic mass is 10.2. The van der Waals surface area contributed by atoms with Gasteiger partial charge in [0.25, 0.3) is 0 Å². The largest absolute Gasteiger partial charge is 0.492 e. The first-order valence-corrected chi connectivity index (χ1v) is 6.69. The molecule has 0 atom stereocenters. The molecule has 2 aromatic rings. The Hall–Kier alpha value is -2.69. The predicted octanol–water partition coefficient (Wildman–Crippen LogP) is 1.92. The van der Waals surface area contributed by atoms with Crippen LogP contribution in [0.25, 0.3) is 0 Å². The number of nitrogens with two attached hydrogens (primary N) is 2. The number of ether oxygens (including phenoxy) is 2. The highest BCUT2D eigenvalue weighted by Gasteiger charge is 1.97. The molecule has 0 aromatic heterocycles. The van der Waals surface area contributed by atoms with Gasteiger partial charge >= 0.3 is 0 Å². The molecule has 0 heterocycles. The van der Waals surface area contributed by atoms with Gasteiger partial charge < -0.3 is 20.9 Å². The Morgan fingerprint density at radius 3 is 2.10 bits per heavy atom. The van der Waals surface area contributed by atoms with E-state index in [1.807, 2.05) is 54.6 Å². The molecule has 0 amide bonds. The molecule has 2 aromatic carbocycles. The van der Waals surface area contributed by atoms with Crippen LogP contribution in [-0.4, -0.2) is 19.1 Å². The van der Waals surface area contributed by atoms with E-state index in [4.69, 9.17) is 20.9 Å². The van der Waals surface area contributed by atoms with Crippen LogP contribution in [0.2, 0.25) is 0 Å². The van der Waals surface area contributed by atoms with E-state index >= 15 is 0 Å². The van der Waals surface area contributed by atoms with Gasteiger partial charge in [0.15, 0.2) is 5.96 Å². The monoisotopic (exact) mass is 285 g/mol. The Kier molecular flexibility index (Phi) is 5.46. The van der Waals surface area contributed by atoms with Crippen molar-refractivity contribution in [2.24, 2.45) is 16.5 Å². The Morgan fingerprint density at radius 2 is 1.48 bits per heavy atom. The van der Waals surface area contributed by atoms with Crippen LogP contribution < -0.4 is 20.9 Å². The van der Waals surface area contributed by atoms with E-state index < -0.39 is 0 Å². The molecule has 0 aliphatic rings. The molecule has 5 nitrogen and oxygen atoms in total.